The van der Waals surface area contributed by atoms with Gasteiger partial charge in [-0.1, -0.05) is 71.6 Å². The number of hydrogen-bond donors (Lipinski definition) is 1. The fourth-order valence-corrected chi connectivity index (χ4v) is 4.14. The van der Waals surface area contributed by atoms with Crippen molar-refractivity contribution in [3.63, 3.8) is 0 Å². The van der Waals surface area contributed by atoms with Gasteiger partial charge >= 0.3 is 0 Å². The molecule has 0 saturated carbocycles. The van der Waals surface area contributed by atoms with Crippen LogP contribution in [0.15, 0.2) is 0 Å². The van der Waals surface area contributed by atoms with E-state index in [1.165, 1.54) is 25.7 Å². The van der Waals surface area contributed by atoms with Gasteiger partial charge in [-0.15, -0.1) is 0 Å². The molecule has 132 valence electrons. The van der Waals surface area contributed by atoms with Crippen molar-refractivity contribution in [3.8, 4) is 12.1 Å². The van der Waals surface area contributed by atoms with Gasteiger partial charge < -0.3 is 0 Å². The first kappa shape index (κ1) is 21.9. The molecule has 0 bridgehead atoms. The van der Waals surface area contributed by atoms with Crippen LogP contribution in [0.3, 0.4) is 0 Å². The van der Waals surface area contributed by atoms with E-state index < -0.39 is 14.8 Å². The van der Waals surface area contributed by atoms with Crippen LogP contribution < -0.4 is 4.72 Å². The van der Waals surface area contributed by atoms with Gasteiger partial charge in [-0.05, 0) is 12.8 Å². The van der Waals surface area contributed by atoms with E-state index in [1.807, 2.05) is 6.92 Å². The molecule has 0 amide bonds. The smallest absolute Gasteiger partial charge is 0.211 e. The summed E-state index contributed by atoms with van der Waals surface area (Å²) >= 11 is 0. The molecule has 0 radical (unpaired) electrons. The molecule has 0 fully saturated rings. The molecule has 0 aromatic rings. The van der Waals surface area contributed by atoms with Crippen molar-refractivity contribution in [1.29, 1.82) is 10.5 Å². The lowest BCUT2D eigenvalue weighted by Gasteiger charge is -2.26. The van der Waals surface area contributed by atoms with Crippen LogP contribution >= 0.6 is 0 Å². The summed E-state index contributed by atoms with van der Waals surface area (Å²) in [6.45, 7) is 3.87. The van der Waals surface area contributed by atoms with Gasteiger partial charge in [-0.2, -0.15) is 15.2 Å². The number of unbranched alkanes of at least 4 members (excludes halogenated alkanes) is 7. The molecule has 1 atom stereocenters. The second-order valence-corrected chi connectivity index (χ2v) is 8.14. The molecule has 1 unspecified atom stereocenters. The second kappa shape index (κ2) is 12.3. The number of sulfonamides is 1. The summed E-state index contributed by atoms with van der Waals surface area (Å²) < 4.78 is 25.8. The van der Waals surface area contributed by atoms with Gasteiger partial charge in [-0.25, -0.2) is 8.42 Å². The quantitative estimate of drug-likeness (QED) is 0.381. The lowest BCUT2D eigenvalue weighted by atomic mass is 9.95. The molecule has 23 heavy (non-hydrogen) atoms. The number of nitriles is 2. The zero-order valence-electron chi connectivity index (χ0n) is 14.6. The van der Waals surface area contributed by atoms with E-state index in [2.05, 4.69) is 17.7 Å². The Bertz CT molecular complexity index is 491. The van der Waals surface area contributed by atoms with Crippen LogP contribution in [0.2, 0.25) is 0 Å². The molecule has 0 aromatic heterocycles. The molecule has 0 aliphatic carbocycles. The van der Waals surface area contributed by atoms with E-state index in [9.17, 15) is 13.7 Å². The summed E-state index contributed by atoms with van der Waals surface area (Å²) in [6.07, 6.45) is 9.81. The molecule has 0 aliphatic rings. The summed E-state index contributed by atoms with van der Waals surface area (Å²) in [5.74, 6) is 0. The zero-order valence-corrected chi connectivity index (χ0v) is 15.4. The van der Waals surface area contributed by atoms with Crippen molar-refractivity contribution in [1.82, 2.24) is 4.72 Å². The zero-order chi connectivity index (χ0) is 17.6. The molecule has 0 rings (SSSR count). The van der Waals surface area contributed by atoms with Crippen LogP contribution in [0.25, 0.3) is 0 Å². The molecule has 0 aromatic carbocycles. The highest BCUT2D eigenvalue weighted by molar-refractivity contribution is 7.91. The summed E-state index contributed by atoms with van der Waals surface area (Å²) in [6, 6.07) is 3.82. The Labute approximate surface area is 142 Å². The lowest BCUT2D eigenvalue weighted by molar-refractivity contribution is 0.471. The summed E-state index contributed by atoms with van der Waals surface area (Å²) in [4.78, 5) is 0. The Morgan fingerprint density at radius 2 is 1.39 bits per heavy atom. The van der Waals surface area contributed by atoms with E-state index >= 15 is 0 Å². The highest BCUT2D eigenvalue weighted by Gasteiger charge is 2.42. The van der Waals surface area contributed by atoms with Gasteiger partial charge in [0.15, 0.2) is 4.75 Å². The van der Waals surface area contributed by atoms with Crippen LogP contribution in [-0.2, 0) is 10.0 Å². The van der Waals surface area contributed by atoms with Gasteiger partial charge in [0.2, 0.25) is 10.0 Å². The molecule has 5 nitrogen and oxygen atoms in total. The van der Waals surface area contributed by atoms with Crippen LogP contribution in [0.1, 0.15) is 84.5 Å². The fraction of sp³-hybridized carbons (Fsp3) is 0.882. The third-order valence-corrected chi connectivity index (χ3v) is 6.23. The minimum atomic E-state index is -3.80. The van der Waals surface area contributed by atoms with Crippen molar-refractivity contribution in [2.24, 2.45) is 0 Å². The van der Waals surface area contributed by atoms with Crippen molar-refractivity contribution in [2.45, 2.75) is 89.2 Å². The van der Waals surface area contributed by atoms with E-state index in [-0.39, 0.29) is 6.54 Å². The van der Waals surface area contributed by atoms with Gasteiger partial charge in [0.25, 0.3) is 0 Å². The maximum Gasteiger partial charge on any atom is 0.231 e. The normalized spacial score (nSPS) is 13.9. The fourth-order valence-electron chi connectivity index (χ4n) is 2.66. The van der Waals surface area contributed by atoms with Gasteiger partial charge in [0, 0.05) is 0 Å². The average Bonchev–Trinajstić information content (AvgIpc) is 2.55. The third-order valence-electron chi connectivity index (χ3n) is 4.18. The number of hydrogen-bond acceptors (Lipinski definition) is 4. The Hall–Kier alpha value is -1.11. The minimum absolute atomic E-state index is 0.283. The average molecular weight is 342 g/mol. The van der Waals surface area contributed by atoms with Gasteiger partial charge in [-0.3, -0.25) is 0 Å². The summed E-state index contributed by atoms with van der Waals surface area (Å²) in [5.41, 5.74) is 0. The van der Waals surface area contributed by atoms with Crippen LogP contribution in [-0.4, -0.2) is 19.7 Å². The predicted molar refractivity (Wildman–Crippen MR) is 93.0 cm³/mol. The minimum Gasteiger partial charge on any atom is -0.211 e. The number of nitrogens with zero attached hydrogens (tertiary/aromatic N) is 2. The highest BCUT2D eigenvalue weighted by atomic mass is 32.2. The van der Waals surface area contributed by atoms with Crippen molar-refractivity contribution >= 4 is 10.0 Å². The predicted octanol–water partition coefficient (Wildman–Crippen LogP) is 4.02. The highest BCUT2D eigenvalue weighted by Crippen LogP contribution is 2.29. The van der Waals surface area contributed by atoms with E-state index in [0.717, 1.165) is 25.7 Å². The first-order chi connectivity index (χ1) is 11.0. The topological polar surface area (TPSA) is 93.8 Å². The maximum atomic E-state index is 12.5. The van der Waals surface area contributed by atoms with Crippen molar-refractivity contribution in [3.05, 3.63) is 0 Å². The largest absolute Gasteiger partial charge is 0.231 e. The van der Waals surface area contributed by atoms with E-state index in [0.29, 0.717) is 19.3 Å². The molecule has 0 heterocycles. The van der Waals surface area contributed by atoms with Crippen LogP contribution in [0.5, 0.6) is 0 Å². The Morgan fingerprint density at radius 1 is 0.870 bits per heavy atom. The van der Waals surface area contributed by atoms with Gasteiger partial charge in [0.1, 0.15) is 0 Å². The Kier molecular flexibility index (Phi) is 11.7. The first-order valence-corrected chi connectivity index (χ1v) is 10.3. The molecule has 1 N–H and O–H groups in total. The summed E-state index contributed by atoms with van der Waals surface area (Å²) in [5, 5.41) is 18.2. The Morgan fingerprint density at radius 3 is 1.91 bits per heavy atom. The lowest BCUT2D eigenvalue weighted by Crippen LogP contribution is -2.45. The van der Waals surface area contributed by atoms with Crippen LogP contribution in [0, 0.1) is 22.7 Å². The van der Waals surface area contributed by atoms with E-state index in [4.69, 9.17) is 5.26 Å². The van der Waals surface area contributed by atoms with E-state index in [1.54, 1.807) is 6.07 Å². The number of nitrogens with one attached hydrogen (secondary N) is 1. The molecular formula is C17H31N3O2S. The SMILES string of the molecule is CCCCCCCCCC(C#N)(CCCC)S(=O)(=O)NCC#N. The molecule has 0 saturated heterocycles. The maximum absolute atomic E-state index is 12.5. The molecule has 0 aliphatic heterocycles. The third kappa shape index (κ3) is 7.81. The second-order valence-electron chi connectivity index (χ2n) is 6.06. The molecular weight excluding hydrogens is 310 g/mol. The van der Waals surface area contributed by atoms with Gasteiger partial charge in [0.05, 0.1) is 18.7 Å². The number of rotatable bonds is 14. The molecule has 0 spiro atoms. The van der Waals surface area contributed by atoms with Crippen molar-refractivity contribution in [2.75, 3.05) is 6.54 Å². The Balaban J connectivity index is 4.68. The van der Waals surface area contributed by atoms with Crippen LogP contribution in [0.4, 0.5) is 0 Å². The monoisotopic (exact) mass is 341 g/mol. The molecule has 6 heteroatoms. The summed E-state index contributed by atoms with van der Waals surface area (Å²) in [7, 11) is -3.80. The first-order valence-electron chi connectivity index (χ1n) is 8.77. The standard InChI is InChI=1S/C17H31N3O2S/c1-3-5-7-8-9-10-11-13-17(16-19,12-6-4-2)23(21,22)20-15-14-18/h20H,3-13,15H2,1-2H3. The van der Waals surface area contributed by atoms with Crippen molar-refractivity contribution < 1.29 is 8.42 Å².